The van der Waals surface area contributed by atoms with Crippen molar-refractivity contribution in [2.24, 2.45) is 5.92 Å². The minimum Gasteiger partial charge on any atom is -0.497 e. The highest BCUT2D eigenvalue weighted by Crippen LogP contribution is 2.37. The number of allylic oxidation sites excluding steroid dienone is 1. The van der Waals surface area contributed by atoms with Gasteiger partial charge in [-0.25, -0.2) is 0 Å². The van der Waals surface area contributed by atoms with E-state index in [1.807, 2.05) is 31.2 Å². The van der Waals surface area contributed by atoms with Gasteiger partial charge in [-0.1, -0.05) is 17.7 Å². The lowest BCUT2D eigenvalue weighted by Gasteiger charge is -2.24. The maximum absolute atomic E-state index is 12.6. The molecular formula is C18H23NO3. The van der Waals surface area contributed by atoms with Gasteiger partial charge in [-0.15, -0.1) is 0 Å². The van der Waals surface area contributed by atoms with Gasteiger partial charge in [0.15, 0.2) is 0 Å². The predicted molar refractivity (Wildman–Crippen MR) is 84.6 cm³/mol. The van der Waals surface area contributed by atoms with Crippen molar-refractivity contribution in [3.8, 4) is 5.75 Å². The molecule has 1 saturated carbocycles. The zero-order chi connectivity index (χ0) is 15.7. The fourth-order valence-electron chi connectivity index (χ4n) is 3.16. The summed E-state index contributed by atoms with van der Waals surface area (Å²) in [5.41, 5.74) is 2.18. The number of rotatable bonds is 4. The zero-order valence-electron chi connectivity index (χ0n) is 13.2. The number of amides is 1. The Balaban J connectivity index is 1.82. The molecule has 1 aromatic carbocycles. The number of carbonyl (C=O) groups excluding carboxylic acids is 1. The SMILES string of the molecule is COc1cccc(C2CC(O)CN2C(=O)/C=C(\C)C2CC2)c1. The number of benzene rings is 1. The van der Waals surface area contributed by atoms with Gasteiger partial charge in [-0.3, -0.25) is 4.79 Å². The molecule has 0 bridgehead atoms. The standard InChI is InChI=1S/C18H23NO3/c1-12(13-6-7-13)8-18(21)19-11-15(20)10-17(19)14-4-3-5-16(9-14)22-2/h3-5,8-9,13,15,17,20H,6-7,10-11H2,1-2H3/b12-8+. The lowest BCUT2D eigenvalue weighted by atomic mass is 10.0. The van der Waals surface area contributed by atoms with Crippen LogP contribution in [0, 0.1) is 5.92 Å². The quantitative estimate of drug-likeness (QED) is 0.870. The van der Waals surface area contributed by atoms with Crippen molar-refractivity contribution in [2.45, 2.75) is 38.3 Å². The largest absolute Gasteiger partial charge is 0.497 e. The first kappa shape index (κ1) is 15.1. The Morgan fingerprint density at radius 3 is 2.86 bits per heavy atom. The summed E-state index contributed by atoms with van der Waals surface area (Å²) >= 11 is 0. The fraction of sp³-hybridized carbons (Fsp3) is 0.500. The molecule has 1 amide bonds. The van der Waals surface area contributed by atoms with Gasteiger partial charge in [0.1, 0.15) is 5.75 Å². The maximum Gasteiger partial charge on any atom is 0.247 e. The molecule has 1 N–H and O–H groups in total. The Morgan fingerprint density at radius 1 is 1.41 bits per heavy atom. The molecule has 1 aliphatic heterocycles. The Bertz CT molecular complexity index is 592. The molecule has 22 heavy (non-hydrogen) atoms. The first-order valence-corrected chi connectivity index (χ1v) is 7.89. The number of ether oxygens (including phenoxy) is 1. The number of carbonyl (C=O) groups is 1. The van der Waals surface area contributed by atoms with E-state index < -0.39 is 6.10 Å². The van der Waals surface area contributed by atoms with Gasteiger partial charge in [0.2, 0.25) is 5.91 Å². The van der Waals surface area contributed by atoms with Crippen molar-refractivity contribution in [2.75, 3.05) is 13.7 Å². The van der Waals surface area contributed by atoms with Crippen molar-refractivity contribution < 1.29 is 14.6 Å². The predicted octanol–water partition coefficient (Wildman–Crippen LogP) is 2.69. The molecule has 1 saturated heterocycles. The molecule has 0 radical (unpaired) electrons. The van der Waals surface area contributed by atoms with Crippen molar-refractivity contribution >= 4 is 5.91 Å². The molecular weight excluding hydrogens is 278 g/mol. The first-order valence-electron chi connectivity index (χ1n) is 7.89. The van der Waals surface area contributed by atoms with Crippen LogP contribution in [0.2, 0.25) is 0 Å². The van der Waals surface area contributed by atoms with E-state index in [0.717, 1.165) is 16.9 Å². The summed E-state index contributed by atoms with van der Waals surface area (Å²) in [6.45, 7) is 2.43. The smallest absolute Gasteiger partial charge is 0.247 e. The zero-order valence-corrected chi connectivity index (χ0v) is 13.2. The third kappa shape index (κ3) is 3.17. The number of methoxy groups -OCH3 is 1. The fourth-order valence-corrected chi connectivity index (χ4v) is 3.16. The maximum atomic E-state index is 12.6. The molecule has 2 aliphatic rings. The van der Waals surface area contributed by atoms with Gasteiger partial charge in [0, 0.05) is 12.6 Å². The summed E-state index contributed by atoms with van der Waals surface area (Å²) in [6, 6.07) is 7.66. The second kappa shape index (κ2) is 6.13. The molecule has 2 unspecified atom stereocenters. The average Bonchev–Trinajstić information content (AvgIpc) is 3.29. The van der Waals surface area contributed by atoms with Gasteiger partial charge in [0.05, 0.1) is 19.3 Å². The average molecular weight is 301 g/mol. The van der Waals surface area contributed by atoms with Gasteiger partial charge in [0.25, 0.3) is 0 Å². The Hall–Kier alpha value is -1.81. The number of aliphatic hydroxyl groups excluding tert-OH is 1. The molecule has 3 rings (SSSR count). The molecule has 4 heteroatoms. The molecule has 2 atom stereocenters. The number of nitrogens with zero attached hydrogens (tertiary/aromatic N) is 1. The van der Waals surface area contributed by atoms with Crippen molar-refractivity contribution in [1.29, 1.82) is 0 Å². The van der Waals surface area contributed by atoms with Crippen LogP contribution in [0.1, 0.15) is 37.8 Å². The van der Waals surface area contributed by atoms with Crippen LogP contribution in [0.25, 0.3) is 0 Å². The van der Waals surface area contributed by atoms with Gasteiger partial charge < -0.3 is 14.7 Å². The summed E-state index contributed by atoms with van der Waals surface area (Å²) in [5, 5.41) is 10.0. The van der Waals surface area contributed by atoms with E-state index in [1.165, 1.54) is 12.8 Å². The van der Waals surface area contributed by atoms with E-state index in [0.29, 0.717) is 18.9 Å². The number of β-amino-alcohol motifs (C(OH)–C–C–N with tert-alkyl or cyclic N) is 1. The highest BCUT2D eigenvalue weighted by atomic mass is 16.5. The van der Waals surface area contributed by atoms with Crippen molar-refractivity contribution in [1.82, 2.24) is 4.90 Å². The van der Waals surface area contributed by atoms with Gasteiger partial charge >= 0.3 is 0 Å². The molecule has 118 valence electrons. The third-order valence-corrected chi connectivity index (χ3v) is 4.61. The summed E-state index contributed by atoms with van der Waals surface area (Å²) in [4.78, 5) is 14.4. The second-order valence-electron chi connectivity index (χ2n) is 6.34. The van der Waals surface area contributed by atoms with Crippen LogP contribution in [-0.2, 0) is 4.79 Å². The number of aliphatic hydroxyl groups is 1. The van der Waals surface area contributed by atoms with Crippen LogP contribution in [-0.4, -0.2) is 35.7 Å². The molecule has 1 aliphatic carbocycles. The minimum absolute atomic E-state index is 0.00812. The Kier molecular flexibility index (Phi) is 4.21. The van der Waals surface area contributed by atoms with Crippen LogP contribution >= 0.6 is 0 Å². The molecule has 2 fully saturated rings. The molecule has 0 aromatic heterocycles. The lowest BCUT2D eigenvalue weighted by Crippen LogP contribution is -2.30. The van der Waals surface area contributed by atoms with E-state index in [4.69, 9.17) is 4.74 Å². The van der Waals surface area contributed by atoms with E-state index in [1.54, 1.807) is 18.1 Å². The van der Waals surface area contributed by atoms with Gasteiger partial charge in [-0.2, -0.15) is 0 Å². The van der Waals surface area contributed by atoms with Crippen LogP contribution < -0.4 is 4.74 Å². The summed E-state index contributed by atoms with van der Waals surface area (Å²) in [6.07, 6.45) is 4.25. The van der Waals surface area contributed by atoms with E-state index in [2.05, 4.69) is 0 Å². The highest BCUT2D eigenvalue weighted by Gasteiger charge is 2.35. The first-order chi connectivity index (χ1) is 10.6. The summed E-state index contributed by atoms with van der Waals surface area (Å²) in [5.74, 6) is 1.37. The van der Waals surface area contributed by atoms with Crippen LogP contribution in [0.15, 0.2) is 35.9 Å². The van der Waals surface area contributed by atoms with E-state index in [9.17, 15) is 9.90 Å². The van der Waals surface area contributed by atoms with E-state index in [-0.39, 0.29) is 11.9 Å². The highest BCUT2D eigenvalue weighted by molar-refractivity contribution is 5.89. The van der Waals surface area contributed by atoms with E-state index >= 15 is 0 Å². The molecule has 1 heterocycles. The second-order valence-corrected chi connectivity index (χ2v) is 6.34. The number of hydrogen-bond acceptors (Lipinski definition) is 3. The number of likely N-dealkylation sites (tertiary alicyclic amines) is 1. The number of hydrogen-bond donors (Lipinski definition) is 1. The Morgan fingerprint density at radius 2 is 2.18 bits per heavy atom. The van der Waals surface area contributed by atoms with Gasteiger partial charge in [-0.05, 0) is 49.8 Å². The van der Waals surface area contributed by atoms with Crippen molar-refractivity contribution in [3.05, 3.63) is 41.5 Å². The van der Waals surface area contributed by atoms with Crippen molar-refractivity contribution in [3.63, 3.8) is 0 Å². The Labute approximate surface area is 131 Å². The molecule has 1 aromatic rings. The minimum atomic E-state index is -0.463. The molecule has 4 nitrogen and oxygen atoms in total. The summed E-state index contributed by atoms with van der Waals surface area (Å²) < 4.78 is 5.26. The third-order valence-electron chi connectivity index (χ3n) is 4.61. The molecule has 0 spiro atoms. The lowest BCUT2D eigenvalue weighted by molar-refractivity contribution is -0.127. The monoisotopic (exact) mass is 301 g/mol. The van der Waals surface area contributed by atoms with Crippen LogP contribution in [0.3, 0.4) is 0 Å². The normalized spacial score (nSPS) is 25.4. The topological polar surface area (TPSA) is 49.8 Å². The van der Waals surface area contributed by atoms with Crippen LogP contribution in [0.5, 0.6) is 5.75 Å². The summed E-state index contributed by atoms with van der Waals surface area (Å²) in [7, 11) is 1.63. The van der Waals surface area contributed by atoms with Crippen LogP contribution in [0.4, 0.5) is 0 Å².